The third-order valence-electron chi connectivity index (χ3n) is 5.50. The third-order valence-corrected chi connectivity index (χ3v) is 5.50. The van der Waals surface area contributed by atoms with Gasteiger partial charge in [0.05, 0.1) is 18.8 Å². The van der Waals surface area contributed by atoms with Crippen LogP contribution < -0.4 is 5.32 Å². The van der Waals surface area contributed by atoms with Crippen LogP contribution >= 0.6 is 0 Å². The Morgan fingerprint density at radius 2 is 2.14 bits per heavy atom. The van der Waals surface area contributed by atoms with E-state index in [-0.39, 0.29) is 17.9 Å². The van der Waals surface area contributed by atoms with Gasteiger partial charge in [0.2, 0.25) is 5.91 Å². The molecule has 8 nitrogen and oxygen atoms in total. The van der Waals surface area contributed by atoms with Crippen molar-refractivity contribution >= 4 is 11.7 Å². The van der Waals surface area contributed by atoms with Gasteiger partial charge in [-0.1, -0.05) is 0 Å². The molecule has 1 aliphatic heterocycles. The van der Waals surface area contributed by atoms with E-state index in [0.29, 0.717) is 32.0 Å². The summed E-state index contributed by atoms with van der Waals surface area (Å²) in [6.07, 6.45) is 6.72. The summed E-state index contributed by atoms with van der Waals surface area (Å²) in [7, 11) is 3.56. The molecule has 1 saturated carbocycles. The quantitative estimate of drug-likeness (QED) is 0.750. The summed E-state index contributed by atoms with van der Waals surface area (Å²) in [5, 5.41) is 7.78. The normalized spacial score (nSPS) is 22.1. The molecule has 3 heterocycles. The van der Waals surface area contributed by atoms with Gasteiger partial charge in [0.25, 0.3) is 0 Å². The van der Waals surface area contributed by atoms with Crippen LogP contribution in [0.3, 0.4) is 0 Å². The average Bonchev–Trinajstić information content (AvgIpc) is 3.36. The lowest BCUT2D eigenvalue weighted by Crippen LogP contribution is -2.33. The van der Waals surface area contributed by atoms with Crippen LogP contribution in [-0.4, -0.2) is 57.4 Å². The molecule has 0 unspecified atom stereocenters. The van der Waals surface area contributed by atoms with Gasteiger partial charge in [-0.05, 0) is 19.8 Å². The number of hydrogen-bond acceptors (Lipinski definition) is 6. The van der Waals surface area contributed by atoms with Crippen LogP contribution in [0.5, 0.6) is 0 Å². The maximum Gasteiger partial charge on any atom is 0.223 e. The second-order valence-corrected chi connectivity index (χ2v) is 7.84. The topological polar surface area (TPSA) is 85.2 Å². The maximum atomic E-state index is 12.7. The van der Waals surface area contributed by atoms with Crippen molar-refractivity contribution in [2.45, 2.75) is 38.1 Å². The van der Waals surface area contributed by atoms with Gasteiger partial charge in [0, 0.05) is 69.0 Å². The van der Waals surface area contributed by atoms with E-state index in [2.05, 4.69) is 20.4 Å². The second-order valence-electron chi connectivity index (χ2n) is 7.84. The van der Waals surface area contributed by atoms with Gasteiger partial charge in [-0.2, -0.15) is 5.10 Å². The van der Waals surface area contributed by atoms with Crippen LogP contribution in [0, 0.1) is 12.8 Å². The number of amides is 1. The molecule has 1 N–H and O–H groups in total. The van der Waals surface area contributed by atoms with Crippen molar-refractivity contribution in [1.29, 1.82) is 0 Å². The Morgan fingerprint density at radius 3 is 2.82 bits per heavy atom. The van der Waals surface area contributed by atoms with Crippen molar-refractivity contribution in [2.75, 3.05) is 32.1 Å². The predicted octanol–water partition coefficient (Wildman–Crippen LogP) is 2.04. The number of nitrogens with one attached hydrogen (secondary N) is 1. The van der Waals surface area contributed by atoms with Crippen LogP contribution in [0.2, 0.25) is 0 Å². The summed E-state index contributed by atoms with van der Waals surface area (Å²) >= 11 is 0. The van der Waals surface area contributed by atoms with E-state index in [1.807, 2.05) is 37.3 Å². The Balaban J connectivity index is 1.51. The van der Waals surface area contributed by atoms with Crippen molar-refractivity contribution in [3.05, 3.63) is 35.5 Å². The fourth-order valence-electron chi connectivity index (χ4n) is 3.99. The molecule has 2 aromatic heterocycles. The Kier molecular flexibility index (Phi) is 5.30. The summed E-state index contributed by atoms with van der Waals surface area (Å²) in [6.45, 7) is 3.79. The first kappa shape index (κ1) is 18.9. The number of carbonyl (C=O) groups excluding carboxylic acids is 1. The van der Waals surface area contributed by atoms with Crippen molar-refractivity contribution in [2.24, 2.45) is 13.0 Å². The molecule has 0 radical (unpaired) electrons. The number of aryl methyl sites for hydroxylation is 2. The summed E-state index contributed by atoms with van der Waals surface area (Å²) in [4.78, 5) is 23.9. The lowest BCUT2D eigenvalue weighted by Gasteiger charge is -2.27. The highest BCUT2D eigenvalue weighted by Gasteiger charge is 2.40. The molecule has 0 spiro atoms. The summed E-state index contributed by atoms with van der Waals surface area (Å²) in [6, 6.07) is 1.97. The lowest BCUT2D eigenvalue weighted by molar-refractivity contribution is -0.129. The van der Waals surface area contributed by atoms with Crippen LogP contribution in [0.1, 0.15) is 48.3 Å². The maximum absolute atomic E-state index is 12.7. The predicted molar refractivity (Wildman–Crippen MR) is 105 cm³/mol. The van der Waals surface area contributed by atoms with E-state index in [1.54, 1.807) is 11.8 Å². The van der Waals surface area contributed by atoms with Crippen LogP contribution in [0.4, 0.5) is 5.82 Å². The lowest BCUT2D eigenvalue weighted by atomic mass is 9.95. The minimum absolute atomic E-state index is 0.00492. The summed E-state index contributed by atoms with van der Waals surface area (Å²) in [5.74, 6) is 2.61. The molecule has 150 valence electrons. The first-order valence-electron chi connectivity index (χ1n) is 9.91. The fourth-order valence-corrected chi connectivity index (χ4v) is 3.99. The minimum atomic E-state index is -0.00492. The van der Waals surface area contributed by atoms with Crippen LogP contribution in [0.25, 0.3) is 0 Å². The Morgan fingerprint density at radius 1 is 1.32 bits per heavy atom. The Labute approximate surface area is 165 Å². The number of carbonyl (C=O) groups is 1. The summed E-state index contributed by atoms with van der Waals surface area (Å²) in [5.41, 5.74) is 2.04. The molecule has 2 aliphatic rings. The van der Waals surface area contributed by atoms with Gasteiger partial charge in [-0.15, -0.1) is 0 Å². The van der Waals surface area contributed by atoms with Gasteiger partial charge in [0.1, 0.15) is 11.6 Å². The SMILES string of the molecule is COCCN1C(=O)C[C@@H](CNc2cc(C)nc(C3CC3)n2)[C@@H]1c1cnn(C)c1. The fraction of sp³-hybridized carbons (Fsp3) is 0.600. The number of ether oxygens (including phenoxy) is 1. The molecule has 0 aromatic carbocycles. The molecule has 2 atom stereocenters. The van der Waals surface area contributed by atoms with Gasteiger partial charge < -0.3 is 15.0 Å². The van der Waals surface area contributed by atoms with Crippen molar-refractivity contribution in [3.63, 3.8) is 0 Å². The highest BCUT2D eigenvalue weighted by atomic mass is 16.5. The molecular formula is C20H28N6O2. The minimum Gasteiger partial charge on any atom is -0.383 e. The molecule has 4 rings (SSSR count). The first-order chi connectivity index (χ1) is 13.5. The molecule has 1 amide bonds. The van der Waals surface area contributed by atoms with E-state index in [0.717, 1.165) is 22.9 Å². The van der Waals surface area contributed by atoms with E-state index in [4.69, 9.17) is 4.74 Å². The molecular weight excluding hydrogens is 356 g/mol. The molecule has 1 saturated heterocycles. The Bertz CT molecular complexity index is 847. The van der Waals surface area contributed by atoms with Crippen LogP contribution in [-0.2, 0) is 16.6 Å². The zero-order valence-corrected chi connectivity index (χ0v) is 16.8. The number of rotatable bonds is 8. The Hall–Kier alpha value is -2.48. The second kappa shape index (κ2) is 7.87. The monoisotopic (exact) mass is 384 g/mol. The zero-order valence-electron chi connectivity index (χ0n) is 16.8. The van der Waals surface area contributed by atoms with Gasteiger partial charge >= 0.3 is 0 Å². The number of nitrogens with zero attached hydrogens (tertiary/aromatic N) is 5. The smallest absolute Gasteiger partial charge is 0.223 e. The van der Waals surface area contributed by atoms with E-state index in [9.17, 15) is 4.79 Å². The number of anilines is 1. The molecule has 8 heteroatoms. The number of likely N-dealkylation sites (tertiary alicyclic amines) is 1. The van der Waals surface area contributed by atoms with Crippen molar-refractivity contribution < 1.29 is 9.53 Å². The third kappa shape index (κ3) is 4.01. The largest absolute Gasteiger partial charge is 0.383 e. The summed E-state index contributed by atoms with van der Waals surface area (Å²) < 4.78 is 7.00. The first-order valence-corrected chi connectivity index (χ1v) is 9.91. The standard InChI is InChI=1S/C20H28N6O2/c1-13-8-17(24-20(23-13)14-4-5-14)21-10-15-9-18(27)26(6-7-28-3)19(15)16-11-22-25(2)12-16/h8,11-12,14-15,19H,4-7,9-10H2,1-3H3,(H,21,23,24)/t15-,19+/m0/s1. The molecule has 28 heavy (non-hydrogen) atoms. The highest BCUT2D eigenvalue weighted by Crippen LogP contribution is 2.39. The van der Waals surface area contributed by atoms with Crippen molar-refractivity contribution in [3.8, 4) is 0 Å². The van der Waals surface area contributed by atoms with E-state index < -0.39 is 0 Å². The van der Waals surface area contributed by atoms with Gasteiger partial charge in [-0.25, -0.2) is 9.97 Å². The molecule has 2 aromatic rings. The van der Waals surface area contributed by atoms with Crippen LogP contribution in [0.15, 0.2) is 18.5 Å². The molecule has 0 bridgehead atoms. The van der Waals surface area contributed by atoms with Gasteiger partial charge in [-0.3, -0.25) is 9.48 Å². The van der Waals surface area contributed by atoms with Gasteiger partial charge in [0.15, 0.2) is 0 Å². The highest BCUT2D eigenvalue weighted by molar-refractivity contribution is 5.79. The van der Waals surface area contributed by atoms with E-state index in [1.165, 1.54) is 12.8 Å². The number of hydrogen-bond donors (Lipinski definition) is 1. The molecule has 1 aliphatic carbocycles. The zero-order chi connectivity index (χ0) is 19.7. The molecule has 2 fully saturated rings. The van der Waals surface area contributed by atoms with E-state index >= 15 is 0 Å². The van der Waals surface area contributed by atoms with Crippen molar-refractivity contribution in [1.82, 2.24) is 24.6 Å². The average molecular weight is 384 g/mol. The number of aromatic nitrogens is 4. The number of methoxy groups -OCH3 is 1.